The Balaban J connectivity index is 2.04. The molecule has 0 unspecified atom stereocenters. The Bertz CT molecular complexity index is 1140. The van der Waals surface area contributed by atoms with E-state index in [1.54, 1.807) is 16.7 Å². The first kappa shape index (κ1) is 23.0. The lowest BCUT2D eigenvalue weighted by Gasteiger charge is -2.24. The first-order valence-electron chi connectivity index (χ1n) is 10.3. The van der Waals surface area contributed by atoms with Gasteiger partial charge in [-0.15, -0.1) is 11.3 Å². The molecule has 166 valence electrons. The summed E-state index contributed by atoms with van der Waals surface area (Å²) in [5.41, 5.74) is 6.24. The number of aromatic amines is 1. The molecule has 31 heavy (non-hydrogen) atoms. The lowest BCUT2D eigenvalue weighted by Crippen LogP contribution is -2.42. The Hall–Kier alpha value is -2.72. The number of carbonyl (C=O) groups excluding carboxylic acids is 1. The summed E-state index contributed by atoms with van der Waals surface area (Å²) in [6.45, 7) is 6.74. The Labute approximate surface area is 188 Å². The number of nitrogens with zero attached hydrogens (tertiary/aromatic N) is 3. The molecule has 0 spiro atoms. The van der Waals surface area contributed by atoms with Gasteiger partial charge in [0.05, 0.1) is 0 Å². The Kier molecular flexibility index (Phi) is 7.45. The second kappa shape index (κ2) is 10.1. The number of anilines is 2. The number of unbranched alkanes of at least 4 members (excludes halogenated alkanes) is 1. The number of hydrogen-bond acceptors (Lipinski definition) is 7. The molecule has 0 bridgehead atoms. The largest absolute Gasteiger partial charge is 0.383 e. The van der Waals surface area contributed by atoms with E-state index in [1.165, 1.54) is 20.8 Å². The second-order valence-electron chi connectivity index (χ2n) is 7.69. The molecule has 3 aromatic heterocycles. The maximum Gasteiger partial charge on any atom is 0.330 e. The summed E-state index contributed by atoms with van der Waals surface area (Å²) < 4.78 is 1.33. The summed E-state index contributed by atoms with van der Waals surface area (Å²) in [4.78, 5) is 46.6. The number of nitrogens with two attached hydrogens (primary N) is 1. The highest BCUT2D eigenvalue weighted by Gasteiger charge is 2.27. The van der Waals surface area contributed by atoms with Gasteiger partial charge in [-0.3, -0.25) is 24.0 Å². The highest BCUT2D eigenvalue weighted by atomic mass is 32.1. The van der Waals surface area contributed by atoms with Gasteiger partial charge in [-0.1, -0.05) is 27.2 Å². The second-order valence-corrected chi connectivity index (χ2v) is 9.33. The molecule has 8 nitrogen and oxygen atoms in total. The van der Waals surface area contributed by atoms with Crippen molar-refractivity contribution in [3.63, 3.8) is 0 Å². The predicted octanol–water partition coefficient (Wildman–Crippen LogP) is 3.80. The summed E-state index contributed by atoms with van der Waals surface area (Å²) in [6, 6.07) is 1.95. The summed E-state index contributed by atoms with van der Waals surface area (Å²) >= 11 is 2.93. The third kappa shape index (κ3) is 5.13. The summed E-state index contributed by atoms with van der Waals surface area (Å²) in [7, 11) is 0. The van der Waals surface area contributed by atoms with Gasteiger partial charge in [-0.25, -0.2) is 9.78 Å². The molecule has 0 atom stereocenters. The molecule has 0 saturated carbocycles. The van der Waals surface area contributed by atoms with E-state index >= 15 is 0 Å². The molecule has 0 aliphatic rings. The molecule has 0 aromatic carbocycles. The third-order valence-electron chi connectivity index (χ3n) is 4.89. The van der Waals surface area contributed by atoms with Gasteiger partial charge in [-0.2, -0.15) is 11.3 Å². The molecule has 0 radical (unpaired) electrons. The molecule has 10 heteroatoms. The van der Waals surface area contributed by atoms with Crippen molar-refractivity contribution in [1.29, 1.82) is 0 Å². The number of thiazole rings is 1. The van der Waals surface area contributed by atoms with Crippen LogP contribution in [0.5, 0.6) is 0 Å². The van der Waals surface area contributed by atoms with E-state index in [1.807, 2.05) is 37.6 Å². The summed E-state index contributed by atoms with van der Waals surface area (Å²) in [5, 5.41) is 6.35. The van der Waals surface area contributed by atoms with Crippen LogP contribution in [0, 0.1) is 5.92 Å². The number of aromatic nitrogens is 3. The smallest absolute Gasteiger partial charge is 0.330 e. The van der Waals surface area contributed by atoms with Crippen molar-refractivity contribution in [2.45, 2.75) is 46.6 Å². The van der Waals surface area contributed by atoms with E-state index in [4.69, 9.17) is 5.73 Å². The lowest BCUT2D eigenvalue weighted by molar-refractivity contribution is 0.0981. The SMILES string of the molecule is CCCCn1c(N)c(N(CCC(C)C)C(=O)c2csc(-c3ccsc3)n2)c(=O)[nH]c1=O. The molecular weight excluding hydrogens is 434 g/mol. The Morgan fingerprint density at radius 2 is 2.10 bits per heavy atom. The number of nitrogen functional groups attached to an aromatic ring is 1. The number of H-pyrrole nitrogens is 1. The number of nitrogens with one attached hydrogen (secondary N) is 1. The number of amides is 1. The maximum absolute atomic E-state index is 13.4. The zero-order valence-corrected chi connectivity index (χ0v) is 19.5. The maximum atomic E-state index is 13.4. The van der Waals surface area contributed by atoms with Crippen LogP contribution in [-0.2, 0) is 6.54 Å². The Morgan fingerprint density at radius 1 is 1.32 bits per heavy atom. The molecule has 0 saturated heterocycles. The summed E-state index contributed by atoms with van der Waals surface area (Å²) in [5.74, 6) is -0.0951. The minimum atomic E-state index is -0.666. The van der Waals surface area contributed by atoms with Crippen LogP contribution < -0.4 is 21.9 Å². The molecule has 3 N–H and O–H groups in total. The van der Waals surface area contributed by atoms with Crippen molar-refractivity contribution in [3.8, 4) is 10.6 Å². The fourth-order valence-corrected chi connectivity index (χ4v) is 4.61. The van der Waals surface area contributed by atoms with Crippen molar-refractivity contribution in [1.82, 2.24) is 14.5 Å². The molecule has 3 heterocycles. The molecular formula is C21H27N5O3S2. The van der Waals surface area contributed by atoms with E-state index in [9.17, 15) is 14.4 Å². The minimum absolute atomic E-state index is 0.00596. The molecule has 3 rings (SSSR count). The fraction of sp³-hybridized carbons (Fsp3) is 0.429. The zero-order chi connectivity index (χ0) is 22.5. The van der Waals surface area contributed by atoms with Crippen molar-refractivity contribution in [3.05, 3.63) is 48.7 Å². The van der Waals surface area contributed by atoms with Gasteiger partial charge >= 0.3 is 5.69 Å². The Morgan fingerprint density at radius 3 is 2.74 bits per heavy atom. The highest BCUT2D eigenvalue weighted by Crippen LogP contribution is 2.27. The topological polar surface area (TPSA) is 114 Å². The van der Waals surface area contributed by atoms with E-state index in [-0.39, 0.29) is 17.2 Å². The fourth-order valence-electron chi connectivity index (χ4n) is 3.11. The van der Waals surface area contributed by atoms with Crippen LogP contribution in [0.15, 0.2) is 31.8 Å². The van der Waals surface area contributed by atoms with Crippen molar-refractivity contribution in [2.75, 3.05) is 17.2 Å². The molecule has 1 amide bonds. The highest BCUT2D eigenvalue weighted by molar-refractivity contribution is 7.14. The van der Waals surface area contributed by atoms with Crippen LogP contribution >= 0.6 is 22.7 Å². The normalized spacial score (nSPS) is 11.2. The van der Waals surface area contributed by atoms with Gasteiger partial charge in [-0.05, 0) is 30.2 Å². The monoisotopic (exact) mass is 461 g/mol. The van der Waals surface area contributed by atoms with Crippen molar-refractivity contribution in [2.24, 2.45) is 5.92 Å². The average Bonchev–Trinajstić information content (AvgIpc) is 3.41. The first-order valence-corrected chi connectivity index (χ1v) is 12.1. The average molecular weight is 462 g/mol. The number of thiophene rings is 1. The molecule has 0 aliphatic carbocycles. The van der Waals surface area contributed by atoms with E-state index in [2.05, 4.69) is 9.97 Å². The van der Waals surface area contributed by atoms with Crippen LogP contribution in [0.4, 0.5) is 11.5 Å². The van der Waals surface area contributed by atoms with E-state index in [0.29, 0.717) is 25.4 Å². The van der Waals surface area contributed by atoms with Gasteiger partial charge < -0.3 is 5.73 Å². The zero-order valence-electron chi connectivity index (χ0n) is 17.9. The van der Waals surface area contributed by atoms with Gasteiger partial charge in [0.25, 0.3) is 11.5 Å². The quantitative estimate of drug-likeness (QED) is 0.503. The third-order valence-corrected chi connectivity index (χ3v) is 6.46. The van der Waals surface area contributed by atoms with E-state index in [0.717, 1.165) is 23.4 Å². The molecule has 3 aromatic rings. The van der Waals surface area contributed by atoms with Crippen LogP contribution in [0.25, 0.3) is 10.6 Å². The van der Waals surface area contributed by atoms with Gasteiger partial charge in [0, 0.05) is 29.4 Å². The number of carbonyl (C=O) groups is 1. The van der Waals surface area contributed by atoms with Crippen molar-refractivity contribution < 1.29 is 4.79 Å². The standard InChI is InChI=1S/C21H27N5O3S2/c1-4-5-8-26-17(22)16(18(27)24-21(26)29)25(9-6-13(2)3)20(28)15-12-31-19(23-15)14-7-10-30-11-14/h7,10-13H,4-6,8-9,22H2,1-3H3,(H,24,27,29). The van der Waals surface area contributed by atoms with Crippen LogP contribution in [0.1, 0.15) is 50.5 Å². The van der Waals surface area contributed by atoms with Crippen LogP contribution in [0.2, 0.25) is 0 Å². The lowest BCUT2D eigenvalue weighted by atomic mass is 10.1. The molecule has 0 fully saturated rings. The minimum Gasteiger partial charge on any atom is -0.383 e. The summed E-state index contributed by atoms with van der Waals surface area (Å²) in [6.07, 6.45) is 2.26. The first-order chi connectivity index (χ1) is 14.8. The van der Waals surface area contributed by atoms with Crippen molar-refractivity contribution >= 4 is 40.1 Å². The van der Waals surface area contributed by atoms with E-state index < -0.39 is 17.2 Å². The number of hydrogen-bond donors (Lipinski definition) is 2. The number of rotatable bonds is 9. The van der Waals surface area contributed by atoms with Crippen LogP contribution in [0.3, 0.4) is 0 Å². The van der Waals surface area contributed by atoms with Gasteiger partial charge in [0.1, 0.15) is 16.5 Å². The van der Waals surface area contributed by atoms with Gasteiger partial charge in [0.2, 0.25) is 0 Å². The predicted molar refractivity (Wildman–Crippen MR) is 127 cm³/mol. The molecule has 0 aliphatic heterocycles. The van der Waals surface area contributed by atoms with Crippen LogP contribution in [-0.4, -0.2) is 27.0 Å². The van der Waals surface area contributed by atoms with Gasteiger partial charge in [0.15, 0.2) is 5.69 Å².